The highest BCUT2D eigenvalue weighted by Gasteiger charge is 2.32. The van der Waals surface area contributed by atoms with Crippen LogP contribution in [-0.2, 0) is 6.42 Å². The van der Waals surface area contributed by atoms with E-state index in [1.807, 2.05) is 12.1 Å². The Balaban J connectivity index is 2.20. The lowest BCUT2D eigenvalue weighted by Crippen LogP contribution is -2.40. The Hall–Kier alpha value is -0.280. The Kier molecular flexibility index (Phi) is 4.31. The highest BCUT2D eigenvalue weighted by molar-refractivity contribution is 6.42. The van der Waals surface area contributed by atoms with Crippen molar-refractivity contribution in [3.8, 4) is 0 Å². The molecule has 4 heteroatoms. The lowest BCUT2D eigenvalue weighted by atomic mass is 9.75. The summed E-state index contributed by atoms with van der Waals surface area (Å²) >= 11 is 12.2. The van der Waals surface area contributed by atoms with Crippen LogP contribution in [0.3, 0.4) is 0 Å². The van der Waals surface area contributed by atoms with Gasteiger partial charge in [-0.2, -0.15) is 0 Å². The molecule has 0 unspecified atom stereocenters. The van der Waals surface area contributed by atoms with Gasteiger partial charge in [-0.1, -0.05) is 35.3 Å². The third kappa shape index (κ3) is 2.94. The Morgan fingerprint density at radius 2 is 1.94 bits per heavy atom. The Labute approximate surface area is 112 Å². The number of rotatable bonds is 3. The van der Waals surface area contributed by atoms with Crippen molar-refractivity contribution in [1.82, 2.24) is 5.32 Å². The van der Waals surface area contributed by atoms with Crippen LogP contribution in [0.15, 0.2) is 18.2 Å². The van der Waals surface area contributed by atoms with E-state index in [4.69, 9.17) is 23.2 Å². The zero-order valence-electron chi connectivity index (χ0n) is 9.68. The van der Waals surface area contributed by atoms with Gasteiger partial charge in [0, 0.05) is 6.61 Å². The average Bonchev–Trinajstić information content (AvgIpc) is 2.36. The van der Waals surface area contributed by atoms with E-state index in [0.717, 1.165) is 37.9 Å². The van der Waals surface area contributed by atoms with Gasteiger partial charge >= 0.3 is 0 Å². The molecule has 1 aliphatic rings. The summed E-state index contributed by atoms with van der Waals surface area (Å²) in [7, 11) is 0. The van der Waals surface area contributed by atoms with E-state index in [-0.39, 0.29) is 12.0 Å². The zero-order chi connectivity index (χ0) is 12.3. The van der Waals surface area contributed by atoms with Gasteiger partial charge in [-0.15, -0.1) is 0 Å². The Bertz CT molecular complexity index is 389. The van der Waals surface area contributed by atoms with Crippen LogP contribution in [0.4, 0.5) is 0 Å². The summed E-state index contributed by atoms with van der Waals surface area (Å²) in [5, 5.41) is 14.2. The van der Waals surface area contributed by atoms with E-state index in [0.29, 0.717) is 10.0 Å². The van der Waals surface area contributed by atoms with Crippen molar-refractivity contribution >= 4 is 23.2 Å². The molecule has 0 bridgehead atoms. The molecule has 1 heterocycles. The first-order valence-corrected chi connectivity index (χ1v) is 6.67. The minimum Gasteiger partial charge on any atom is -0.396 e. The largest absolute Gasteiger partial charge is 0.396 e. The second kappa shape index (κ2) is 5.57. The number of nitrogens with one attached hydrogen (secondary N) is 1. The lowest BCUT2D eigenvalue weighted by molar-refractivity contribution is 0.0893. The molecule has 1 saturated heterocycles. The number of hydrogen-bond acceptors (Lipinski definition) is 2. The fourth-order valence-corrected chi connectivity index (χ4v) is 2.82. The maximum absolute atomic E-state index is 9.66. The van der Waals surface area contributed by atoms with Crippen LogP contribution in [-0.4, -0.2) is 24.8 Å². The van der Waals surface area contributed by atoms with Crippen molar-refractivity contribution in [2.75, 3.05) is 19.7 Å². The first-order valence-electron chi connectivity index (χ1n) is 5.91. The van der Waals surface area contributed by atoms with Crippen LogP contribution < -0.4 is 5.32 Å². The minimum absolute atomic E-state index is 0.0421. The predicted octanol–water partition coefficient (Wildman–Crippen LogP) is 2.90. The topological polar surface area (TPSA) is 32.3 Å². The van der Waals surface area contributed by atoms with Crippen LogP contribution in [0.25, 0.3) is 0 Å². The SMILES string of the molecule is OCC1(Cc2cccc(Cl)c2Cl)CCNCC1. The molecule has 94 valence electrons. The van der Waals surface area contributed by atoms with Gasteiger partial charge in [0.1, 0.15) is 0 Å². The number of halogens is 2. The van der Waals surface area contributed by atoms with Crippen molar-refractivity contribution in [3.63, 3.8) is 0 Å². The predicted molar refractivity (Wildman–Crippen MR) is 71.8 cm³/mol. The second-order valence-electron chi connectivity index (χ2n) is 4.80. The summed E-state index contributed by atoms with van der Waals surface area (Å²) in [5.41, 5.74) is 0.995. The number of aliphatic hydroxyl groups excluding tert-OH is 1. The normalized spacial score (nSPS) is 19.2. The van der Waals surface area contributed by atoms with E-state index in [9.17, 15) is 5.11 Å². The summed E-state index contributed by atoms with van der Waals surface area (Å²) in [5.74, 6) is 0. The van der Waals surface area contributed by atoms with Gasteiger partial charge in [-0.05, 0) is 49.4 Å². The molecular weight excluding hydrogens is 257 g/mol. The van der Waals surface area contributed by atoms with Gasteiger partial charge in [0.05, 0.1) is 10.0 Å². The molecule has 1 aliphatic heterocycles. The van der Waals surface area contributed by atoms with Gasteiger partial charge in [-0.3, -0.25) is 0 Å². The second-order valence-corrected chi connectivity index (χ2v) is 5.58. The monoisotopic (exact) mass is 273 g/mol. The average molecular weight is 274 g/mol. The van der Waals surface area contributed by atoms with Crippen LogP contribution in [0.5, 0.6) is 0 Å². The van der Waals surface area contributed by atoms with E-state index in [1.54, 1.807) is 6.07 Å². The zero-order valence-corrected chi connectivity index (χ0v) is 11.2. The maximum Gasteiger partial charge on any atom is 0.0624 e. The lowest BCUT2D eigenvalue weighted by Gasteiger charge is -2.36. The van der Waals surface area contributed by atoms with Crippen molar-refractivity contribution in [3.05, 3.63) is 33.8 Å². The van der Waals surface area contributed by atoms with Gasteiger partial charge in [-0.25, -0.2) is 0 Å². The fraction of sp³-hybridized carbons (Fsp3) is 0.538. The van der Waals surface area contributed by atoms with Crippen molar-refractivity contribution in [1.29, 1.82) is 0 Å². The summed E-state index contributed by atoms with van der Waals surface area (Å²) in [6.07, 6.45) is 2.75. The van der Waals surface area contributed by atoms with E-state index in [2.05, 4.69) is 5.32 Å². The number of piperidine rings is 1. The van der Waals surface area contributed by atoms with Crippen LogP contribution in [0.1, 0.15) is 18.4 Å². The molecule has 0 aliphatic carbocycles. The van der Waals surface area contributed by atoms with Crippen molar-refractivity contribution < 1.29 is 5.11 Å². The summed E-state index contributed by atoms with van der Waals surface area (Å²) in [6.45, 7) is 2.12. The maximum atomic E-state index is 9.66. The summed E-state index contributed by atoms with van der Waals surface area (Å²) < 4.78 is 0. The molecule has 0 spiro atoms. The molecule has 0 radical (unpaired) electrons. The molecule has 0 saturated carbocycles. The molecule has 2 rings (SSSR count). The molecule has 2 nitrogen and oxygen atoms in total. The van der Waals surface area contributed by atoms with E-state index >= 15 is 0 Å². The summed E-state index contributed by atoms with van der Waals surface area (Å²) in [4.78, 5) is 0. The minimum atomic E-state index is -0.0421. The van der Waals surface area contributed by atoms with Gasteiger partial charge in [0.15, 0.2) is 0 Å². The molecule has 0 atom stereocenters. The van der Waals surface area contributed by atoms with E-state index < -0.39 is 0 Å². The third-order valence-electron chi connectivity index (χ3n) is 3.60. The highest BCUT2D eigenvalue weighted by Crippen LogP contribution is 2.36. The quantitative estimate of drug-likeness (QED) is 0.888. The molecule has 0 amide bonds. The molecule has 17 heavy (non-hydrogen) atoms. The fourth-order valence-electron chi connectivity index (χ4n) is 2.44. The Morgan fingerprint density at radius 1 is 1.24 bits per heavy atom. The first-order chi connectivity index (χ1) is 8.17. The molecule has 0 aromatic heterocycles. The smallest absolute Gasteiger partial charge is 0.0624 e. The van der Waals surface area contributed by atoms with E-state index in [1.165, 1.54) is 0 Å². The van der Waals surface area contributed by atoms with Crippen molar-refractivity contribution in [2.45, 2.75) is 19.3 Å². The Morgan fingerprint density at radius 3 is 2.59 bits per heavy atom. The first kappa shape index (κ1) is 13.2. The molecular formula is C13H17Cl2NO. The highest BCUT2D eigenvalue weighted by atomic mass is 35.5. The number of aliphatic hydroxyl groups is 1. The van der Waals surface area contributed by atoms with Gasteiger partial charge in [0.2, 0.25) is 0 Å². The standard InChI is InChI=1S/C13H17Cl2NO/c14-11-3-1-2-10(12(11)15)8-13(9-17)4-6-16-7-5-13/h1-3,16-17H,4-9H2. The number of hydrogen-bond donors (Lipinski definition) is 2. The van der Waals surface area contributed by atoms with Crippen LogP contribution >= 0.6 is 23.2 Å². The molecule has 1 aromatic rings. The number of benzene rings is 1. The third-order valence-corrected chi connectivity index (χ3v) is 4.45. The molecule has 1 fully saturated rings. The molecule has 2 N–H and O–H groups in total. The van der Waals surface area contributed by atoms with Gasteiger partial charge < -0.3 is 10.4 Å². The van der Waals surface area contributed by atoms with Gasteiger partial charge in [0.25, 0.3) is 0 Å². The van der Waals surface area contributed by atoms with Crippen molar-refractivity contribution in [2.24, 2.45) is 5.41 Å². The van der Waals surface area contributed by atoms with Crippen LogP contribution in [0, 0.1) is 5.41 Å². The van der Waals surface area contributed by atoms with Crippen LogP contribution in [0.2, 0.25) is 10.0 Å². The molecule has 1 aromatic carbocycles. The summed E-state index contributed by atoms with van der Waals surface area (Å²) in [6, 6.07) is 5.70.